The molecule has 3 rings (SSSR count). The molecule has 2 aromatic rings. The van der Waals surface area contributed by atoms with E-state index in [0.29, 0.717) is 12.1 Å². The Bertz CT molecular complexity index is 594. The maximum atomic E-state index is 4.40. The van der Waals surface area contributed by atoms with Crippen LogP contribution in [0.3, 0.4) is 0 Å². The summed E-state index contributed by atoms with van der Waals surface area (Å²) < 4.78 is 0. The van der Waals surface area contributed by atoms with Crippen LogP contribution in [0.5, 0.6) is 0 Å². The number of piperidine rings is 1. The quantitative estimate of drug-likeness (QED) is 0.903. The topological polar surface area (TPSA) is 44.0 Å². The van der Waals surface area contributed by atoms with Gasteiger partial charge in [0.1, 0.15) is 0 Å². The third-order valence-electron chi connectivity index (χ3n) is 4.76. The molecular weight excluding hydrogens is 260 g/mol. The number of hydrogen-bond donors (Lipinski definition) is 2. The average Bonchev–Trinajstić information content (AvgIpc) is 2.84. The second kappa shape index (κ2) is 6.06. The van der Waals surface area contributed by atoms with Gasteiger partial charge in [-0.2, -0.15) is 5.10 Å². The van der Waals surface area contributed by atoms with Crippen molar-refractivity contribution in [2.24, 2.45) is 0 Å². The van der Waals surface area contributed by atoms with Gasteiger partial charge in [0, 0.05) is 30.6 Å². The van der Waals surface area contributed by atoms with Crippen molar-refractivity contribution >= 4 is 16.7 Å². The summed E-state index contributed by atoms with van der Waals surface area (Å²) in [5.74, 6) is 0.978. The predicted molar refractivity (Wildman–Crippen MR) is 88.8 cm³/mol. The van der Waals surface area contributed by atoms with Crippen molar-refractivity contribution in [3.63, 3.8) is 0 Å². The Balaban J connectivity index is 1.62. The van der Waals surface area contributed by atoms with E-state index < -0.39 is 0 Å². The van der Waals surface area contributed by atoms with Crippen molar-refractivity contribution in [1.29, 1.82) is 0 Å². The Labute approximate surface area is 126 Å². The van der Waals surface area contributed by atoms with Gasteiger partial charge in [-0.25, -0.2) is 0 Å². The summed E-state index contributed by atoms with van der Waals surface area (Å²) in [5.41, 5.74) is 2.37. The Morgan fingerprint density at radius 2 is 2.05 bits per heavy atom. The second-order valence-electron chi connectivity index (χ2n) is 6.41. The third-order valence-corrected chi connectivity index (χ3v) is 4.76. The average molecular weight is 286 g/mol. The molecule has 4 nitrogen and oxygen atoms in total. The molecular formula is C17H26N4. The number of hydrogen-bond acceptors (Lipinski definition) is 3. The third kappa shape index (κ3) is 3.05. The zero-order valence-corrected chi connectivity index (χ0v) is 13.3. The van der Waals surface area contributed by atoms with Gasteiger partial charge in [0.05, 0.1) is 5.52 Å². The van der Waals surface area contributed by atoms with E-state index in [1.165, 1.54) is 30.2 Å². The normalized spacial score (nSPS) is 23.6. The number of aromatic nitrogens is 2. The van der Waals surface area contributed by atoms with E-state index in [1.54, 1.807) is 0 Å². The number of H-pyrrole nitrogens is 1. The summed E-state index contributed by atoms with van der Waals surface area (Å²) in [7, 11) is 0. The molecule has 114 valence electrons. The molecule has 0 bridgehead atoms. The summed E-state index contributed by atoms with van der Waals surface area (Å²) in [4.78, 5) is 2.62. The summed E-state index contributed by atoms with van der Waals surface area (Å²) in [6.07, 6.45) is 4.03. The largest absolute Gasteiger partial charge is 0.367 e. The minimum atomic E-state index is 0.703. The molecule has 1 aliphatic rings. The van der Waals surface area contributed by atoms with Gasteiger partial charge in [0.2, 0.25) is 0 Å². The molecule has 2 N–H and O–H groups in total. The van der Waals surface area contributed by atoms with Crippen molar-refractivity contribution in [2.45, 2.75) is 52.1 Å². The smallest absolute Gasteiger partial charge is 0.155 e. The van der Waals surface area contributed by atoms with Crippen LogP contribution in [0.2, 0.25) is 0 Å². The molecule has 0 aliphatic carbocycles. The van der Waals surface area contributed by atoms with Crippen molar-refractivity contribution in [3.05, 3.63) is 23.8 Å². The van der Waals surface area contributed by atoms with Crippen LogP contribution >= 0.6 is 0 Å². The number of rotatable bonds is 4. The number of aryl methyl sites for hydroxylation is 1. The molecule has 1 aromatic heterocycles. The van der Waals surface area contributed by atoms with E-state index >= 15 is 0 Å². The fraction of sp³-hybridized carbons (Fsp3) is 0.588. The number of anilines is 1. The van der Waals surface area contributed by atoms with E-state index in [9.17, 15) is 0 Å². The standard InChI is InChI=1S/C17H26N4/c1-12-7-8-16-15(11-12)17(20-19-16)18-9-10-21-13(2)5-4-6-14(21)3/h7-8,11,13-14H,4-6,9-10H2,1-3H3,(H2,18,19,20). The molecule has 2 unspecified atom stereocenters. The first-order valence-corrected chi connectivity index (χ1v) is 8.09. The van der Waals surface area contributed by atoms with Crippen LogP contribution in [0.25, 0.3) is 10.9 Å². The SMILES string of the molecule is Cc1ccc2[nH]nc(NCCN3C(C)CCCC3C)c2c1. The molecule has 1 aliphatic heterocycles. The van der Waals surface area contributed by atoms with Gasteiger partial charge in [-0.1, -0.05) is 18.1 Å². The van der Waals surface area contributed by atoms with E-state index in [-0.39, 0.29) is 0 Å². The van der Waals surface area contributed by atoms with Gasteiger partial charge in [-0.05, 0) is 45.7 Å². The predicted octanol–water partition coefficient (Wildman–Crippen LogP) is 3.55. The number of nitrogens with zero attached hydrogens (tertiary/aromatic N) is 2. The van der Waals surface area contributed by atoms with Gasteiger partial charge < -0.3 is 5.32 Å². The first kappa shape index (κ1) is 14.4. The van der Waals surface area contributed by atoms with Crippen molar-refractivity contribution < 1.29 is 0 Å². The fourth-order valence-electron chi connectivity index (χ4n) is 3.48. The van der Waals surface area contributed by atoms with Crippen LogP contribution in [0.4, 0.5) is 5.82 Å². The Kier molecular flexibility index (Phi) is 4.15. The first-order chi connectivity index (χ1) is 10.1. The Morgan fingerprint density at radius 3 is 2.81 bits per heavy atom. The highest BCUT2D eigenvalue weighted by Crippen LogP contribution is 2.23. The zero-order chi connectivity index (χ0) is 14.8. The fourth-order valence-corrected chi connectivity index (χ4v) is 3.48. The minimum Gasteiger partial charge on any atom is -0.367 e. The number of fused-ring (bicyclic) bond motifs is 1. The van der Waals surface area contributed by atoms with E-state index in [4.69, 9.17) is 0 Å². The van der Waals surface area contributed by atoms with E-state index in [2.05, 4.69) is 59.4 Å². The highest BCUT2D eigenvalue weighted by Gasteiger charge is 2.23. The molecule has 0 saturated carbocycles. The summed E-state index contributed by atoms with van der Waals surface area (Å²) in [6, 6.07) is 7.80. The second-order valence-corrected chi connectivity index (χ2v) is 6.41. The molecule has 0 amide bonds. The van der Waals surface area contributed by atoms with Crippen LogP contribution in [-0.2, 0) is 0 Å². The molecule has 1 saturated heterocycles. The number of nitrogens with one attached hydrogen (secondary N) is 2. The molecule has 2 atom stereocenters. The minimum absolute atomic E-state index is 0.703. The monoisotopic (exact) mass is 286 g/mol. The van der Waals surface area contributed by atoms with Gasteiger partial charge in [-0.15, -0.1) is 0 Å². The summed E-state index contributed by atoms with van der Waals surface area (Å²) in [5, 5.41) is 12.2. The van der Waals surface area contributed by atoms with Crippen LogP contribution in [0.1, 0.15) is 38.7 Å². The molecule has 4 heteroatoms. The first-order valence-electron chi connectivity index (χ1n) is 8.09. The lowest BCUT2D eigenvalue weighted by atomic mass is 9.98. The highest BCUT2D eigenvalue weighted by molar-refractivity contribution is 5.90. The Hall–Kier alpha value is -1.55. The molecule has 21 heavy (non-hydrogen) atoms. The Morgan fingerprint density at radius 1 is 1.29 bits per heavy atom. The maximum Gasteiger partial charge on any atom is 0.155 e. The number of benzene rings is 1. The molecule has 0 radical (unpaired) electrons. The van der Waals surface area contributed by atoms with E-state index in [1.807, 2.05) is 0 Å². The van der Waals surface area contributed by atoms with Gasteiger partial charge >= 0.3 is 0 Å². The molecule has 1 aromatic carbocycles. The number of likely N-dealkylation sites (tertiary alicyclic amines) is 1. The highest BCUT2D eigenvalue weighted by atomic mass is 15.2. The lowest BCUT2D eigenvalue weighted by Gasteiger charge is -2.39. The summed E-state index contributed by atoms with van der Waals surface area (Å²) in [6.45, 7) is 8.85. The van der Waals surface area contributed by atoms with Crippen molar-refractivity contribution in [3.8, 4) is 0 Å². The zero-order valence-electron chi connectivity index (χ0n) is 13.3. The molecule has 1 fully saturated rings. The van der Waals surface area contributed by atoms with Crippen LogP contribution in [0, 0.1) is 6.92 Å². The van der Waals surface area contributed by atoms with Crippen molar-refractivity contribution in [2.75, 3.05) is 18.4 Å². The van der Waals surface area contributed by atoms with E-state index in [0.717, 1.165) is 24.4 Å². The van der Waals surface area contributed by atoms with Gasteiger partial charge in [0.25, 0.3) is 0 Å². The molecule has 0 spiro atoms. The van der Waals surface area contributed by atoms with Crippen LogP contribution in [-0.4, -0.2) is 40.3 Å². The molecule has 2 heterocycles. The van der Waals surface area contributed by atoms with Gasteiger partial charge in [-0.3, -0.25) is 10.00 Å². The van der Waals surface area contributed by atoms with Crippen molar-refractivity contribution in [1.82, 2.24) is 15.1 Å². The van der Waals surface area contributed by atoms with Crippen LogP contribution in [0.15, 0.2) is 18.2 Å². The maximum absolute atomic E-state index is 4.40. The van der Waals surface area contributed by atoms with Crippen LogP contribution < -0.4 is 5.32 Å². The summed E-state index contributed by atoms with van der Waals surface area (Å²) >= 11 is 0. The lowest BCUT2D eigenvalue weighted by Crippen LogP contribution is -2.45. The number of aromatic amines is 1. The lowest BCUT2D eigenvalue weighted by molar-refractivity contribution is 0.109. The van der Waals surface area contributed by atoms with Gasteiger partial charge in [0.15, 0.2) is 5.82 Å².